The van der Waals surface area contributed by atoms with Crippen molar-refractivity contribution >= 4 is 32.8 Å². The topological polar surface area (TPSA) is 120 Å². The first-order valence-corrected chi connectivity index (χ1v) is 10.6. The number of carbonyl (C=O) groups is 2. The number of nitrogens with zero attached hydrogens (tertiary/aromatic N) is 1. The molecule has 2 aromatic rings. The molecule has 0 unspecified atom stereocenters. The number of hydrogen-bond acceptors (Lipinski definition) is 4. The second-order valence-corrected chi connectivity index (χ2v) is 8.91. The number of piperidine rings is 1. The number of carboxylic acid groups (broad SMARTS) is 1. The van der Waals surface area contributed by atoms with Gasteiger partial charge in [-0.25, -0.2) is 17.5 Å². The van der Waals surface area contributed by atoms with Crippen molar-refractivity contribution in [1.82, 2.24) is 14.6 Å². The predicted molar refractivity (Wildman–Crippen MR) is 101 cm³/mol. The highest BCUT2D eigenvalue weighted by atomic mass is 32.2. The third-order valence-electron chi connectivity index (χ3n) is 4.94. The molecule has 0 saturated carbocycles. The van der Waals surface area contributed by atoms with Crippen LogP contribution < -0.4 is 5.32 Å². The maximum Gasteiger partial charge on any atom is 0.326 e. The number of H-pyrrole nitrogens is 1. The first-order chi connectivity index (χ1) is 12.8. The minimum atomic E-state index is -3.37. The van der Waals surface area contributed by atoms with Crippen LogP contribution in [-0.2, 0) is 26.0 Å². The van der Waals surface area contributed by atoms with E-state index in [4.69, 9.17) is 0 Å². The molecule has 9 heteroatoms. The highest BCUT2D eigenvalue weighted by Crippen LogP contribution is 2.21. The number of rotatable bonds is 6. The maximum absolute atomic E-state index is 12.6. The second kappa shape index (κ2) is 7.69. The van der Waals surface area contributed by atoms with Crippen LogP contribution in [0, 0.1) is 5.92 Å². The summed E-state index contributed by atoms with van der Waals surface area (Å²) in [4.78, 5) is 27.3. The number of carboxylic acids is 1. The van der Waals surface area contributed by atoms with Crippen molar-refractivity contribution in [2.45, 2.75) is 25.3 Å². The third-order valence-corrected chi connectivity index (χ3v) is 6.21. The number of sulfonamides is 1. The van der Waals surface area contributed by atoms with Crippen molar-refractivity contribution in [3.05, 3.63) is 36.0 Å². The van der Waals surface area contributed by atoms with Gasteiger partial charge < -0.3 is 15.4 Å². The fraction of sp³-hybridized carbons (Fsp3) is 0.444. The Labute approximate surface area is 157 Å². The van der Waals surface area contributed by atoms with E-state index >= 15 is 0 Å². The fourth-order valence-corrected chi connectivity index (χ4v) is 4.38. The highest BCUT2D eigenvalue weighted by molar-refractivity contribution is 7.88. The average molecular weight is 393 g/mol. The first kappa shape index (κ1) is 19.4. The average Bonchev–Trinajstić information content (AvgIpc) is 3.03. The van der Waals surface area contributed by atoms with E-state index in [-0.39, 0.29) is 13.0 Å². The van der Waals surface area contributed by atoms with Gasteiger partial charge in [0, 0.05) is 36.6 Å². The van der Waals surface area contributed by atoms with E-state index in [0.29, 0.717) is 19.4 Å². The van der Waals surface area contributed by atoms with Crippen molar-refractivity contribution in [1.29, 1.82) is 0 Å². The van der Waals surface area contributed by atoms with Gasteiger partial charge in [0.1, 0.15) is 6.04 Å². The molecule has 1 aliphatic heterocycles. The number of hydrogen-bond donors (Lipinski definition) is 3. The number of aromatic nitrogens is 1. The molecule has 1 fully saturated rings. The van der Waals surface area contributed by atoms with Gasteiger partial charge in [-0.3, -0.25) is 4.79 Å². The molecule has 1 amide bonds. The zero-order valence-electron chi connectivity index (χ0n) is 15.0. The summed E-state index contributed by atoms with van der Waals surface area (Å²) in [7, 11) is -3.37. The zero-order chi connectivity index (χ0) is 19.6. The standard InChI is InChI=1S/C18H23N3O5S/c1-27(25,26)21-8-4-5-12(11-21)17(22)20-16(18(23)24)9-13-10-19-15-7-3-2-6-14(13)15/h2-3,6-7,10,12,16,19H,4-5,8-9,11H2,1H3,(H,20,22)(H,23,24)/t12-,16+/m0/s1. The van der Waals surface area contributed by atoms with Gasteiger partial charge in [-0.15, -0.1) is 0 Å². The van der Waals surface area contributed by atoms with Crippen molar-refractivity contribution in [2.75, 3.05) is 19.3 Å². The Morgan fingerprint density at radius 1 is 1.37 bits per heavy atom. The van der Waals surface area contributed by atoms with Crippen LogP contribution in [0.1, 0.15) is 18.4 Å². The summed E-state index contributed by atoms with van der Waals surface area (Å²) >= 11 is 0. The monoisotopic (exact) mass is 393 g/mol. The Hall–Kier alpha value is -2.39. The number of amides is 1. The summed E-state index contributed by atoms with van der Waals surface area (Å²) in [5, 5.41) is 13.0. The molecule has 1 aromatic heterocycles. The molecule has 0 spiro atoms. The van der Waals surface area contributed by atoms with Gasteiger partial charge in [0.25, 0.3) is 0 Å². The quantitative estimate of drug-likeness (QED) is 0.675. The van der Waals surface area contributed by atoms with Gasteiger partial charge >= 0.3 is 5.97 Å². The lowest BCUT2D eigenvalue weighted by molar-refractivity contribution is -0.142. The number of aromatic amines is 1. The molecule has 0 radical (unpaired) electrons. The minimum absolute atomic E-state index is 0.0874. The maximum atomic E-state index is 12.6. The number of aliphatic carboxylic acids is 1. The van der Waals surface area contributed by atoms with Crippen LogP contribution in [-0.4, -0.2) is 60.1 Å². The van der Waals surface area contributed by atoms with Gasteiger partial charge in [0.05, 0.1) is 12.2 Å². The van der Waals surface area contributed by atoms with E-state index in [9.17, 15) is 23.1 Å². The summed E-state index contributed by atoms with van der Waals surface area (Å²) in [5.41, 5.74) is 1.71. The fourth-order valence-electron chi connectivity index (χ4n) is 3.47. The van der Waals surface area contributed by atoms with Crippen LogP contribution in [0.2, 0.25) is 0 Å². The number of para-hydroxylation sites is 1. The van der Waals surface area contributed by atoms with Crippen LogP contribution >= 0.6 is 0 Å². The van der Waals surface area contributed by atoms with Gasteiger partial charge in [0.2, 0.25) is 15.9 Å². The molecule has 0 aliphatic carbocycles. The van der Waals surface area contributed by atoms with Crippen LogP contribution in [0.5, 0.6) is 0 Å². The van der Waals surface area contributed by atoms with E-state index in [1.54, 1.807) is 6.20 Å². The summed E-state index contributed by atoms with van der Waals surface area (Å²) in [5.74, 6) is -2.08. The van der Waals surface area contributed by atoms with Gasteiger partial charge in [-0.2, -0.15) is 0 Å². The molecule has 2 atom stereocenters. The largest absolute Gasteiger partial charge is 0.480 e. The third kappa shape index (κ3) is 4.48. The molecule has 8 nitrogen and oxygen atoms in total. The molecule has 1 aromatic carbocycles. The highest BCUT2D eigenvalue weighted by Gasteiger charge is 2.32. The Kier molecular flexibility index (Phi) is 5.52. The Morgan fingerprint density at radius 3 is 2.81 bits per heavy atom. The summed E-state index contributed by atoms with van der Waals surface area (Å²) < 4.78 is 24.7. The molecule has 1 aliphatic rings. The van der Waals surface area contributed by atoms with Crippen LogP contribution in [0.25, 0.3) is 10.9 Å². The van der Waals surface area contributed by atoms with Crippen LogP contribution in [0.4, 0.5) is 0 Å². The molecule has 0 bridgehead atoms. The molecule has 3 rings (SSSR count). The second-order valence-electron chi connectivity index (χ2n) is 6.92. The summed E-state index contributed by atoms with van der Waals surface area (Å²) in [6.45, 7) is 0.477. The molecule has 3 N–H and O–H groups in total. The van der Waals surface area contributed by atoms with E-state index in [0.717, 1.165) is 22.7 Å². The Bertz CT molecular complexity index is 953. The summed E-state index contributed by atoms with van der Waals surface area (Å²) in [6.07, 6.45) is 4.12. The van der Waals surface area contributed by atoms with E-state index in [1.807, 2.05) is 24.3 Å². The Morgan fingerprint density at radius 2 is 2.11 bits per heavy atom. The number of nitrogens with one attached hydrogen (secondary N) is 2. The molecule has 146 valence electrons. The van der Waals surface area contributed by atoms with Crippen molar-refractivity contribution < 1.29 is 23.1 Å². The molecule has 27 heavy (non-hydrogen) atoms. The van der Waals surface area contributed by atoms with Crippen molar-refractivity contribution in [2.24, 2.45) is 5.92 Å². The molecular weight excluding hydrogens is 370 g/mol. The lowest BCUT2D eigenvalue weighted by atomic mass is 9.97. The number of carbonyl (C=O) groups excluding carboxylic acids is 1. The molecule has 1 saturated heterocycles. The van der Waals surface area contributed by atoms with Crippen molar-refractivity contribution in [3.8, 4) is 0 Å². The Balaban J connectivity index is 1.71. The van der Waals surface area contributed by atoms with E-state index in [1.165, 1.54) is 4.31 Å². The molecule has 2 heterocycles. The normalized spacial score (nSPS) is 19.7. The van der Waals surface area contributed by atoms with Crippen LogP contribution in [0.3, 0.4) is 0 Å². The van der Waals surface area contributed by atoms with Gasteiger partial charge in [-0.1, -0.05) is 18.2 Å². The SMILES string of the molecule is CS(=O)(=O)N1CCC[C@H](C(=O)N[C@H](Cc2c[nH]c3ccccc23)C(=O)O)C1. The van der Waals surface area contributed by atoms with E-state index < -0.39 is 33.9 Å². The summed E-state index contributed by atoms with van der Waals surface area (Å²) in [6, 6.07) is 6.47. The van der Waals surface area contributed by atoms with Crippen LogP contribution in [0.15, 0.2) is 30.5 Å². The van der Waals surface area contributed by atoms with Gasteiger partial charge in [-0.05, 0) is 24.5 Å². The first-order valence-electron chi connectivity index (χ1n) is 8.79. The lowest BCUT2D eigenvalue weighted by Gasteiger charge is -2.30. The van der Waals surface area contributed by atoms with Gasteiger partial charge in [0.15, 0.2) is 0 Å². The zero-order valence-corrected chi connectivity index (χ0v) is 15.8. The predicted octanol–water partition coefficient (Wildman–Crippen LogP) is 0.951. The lowest BCUT2D eigenvalue weighted by Crippen LogP contribution is -2.49. The van der Waals surface area contributed by atoms with Crippen molar-refractivity contribution in [3.63, 3.8) is 0 Å². The minimum Gasteiger partial charge on any atom is -0.480 e. The van der Waals surface area contributed by atoms with E-state index in [2.05, 4.69) is 10.3 Å². The number of fused-ring (bicyclic) bond motifs is 1. The number of benzene rings is 1. The molecular formula is C18H23N3O5S. The smallest absolute Gasteiger partial charge is 0.326 e.